The Kier molecular flexibility index (Phi) is 6.43. The van der Waals surface area contributed by atoms with E-state index in [2.05, 4.69) is 17.2 Å². The summed E-state index contributed by atoms with van der Waals surface area (Å²) in [6, 6.07) is 5.72. The van der Waals surface area contributed by atoms with E-state index in [4.69, 9.17) is 9.47 Å². The zero-order valence-corrected chi connectivity index (χ0v) is 14.9. The zero-order chi connectivity index (χ0) is 17.5. The predicted molar refractivity (Wildman–Crippen MR) is 91.9 cm³/mol. The van der Waals surface area contributed by atoms with Gasteiger partial charge in [-0.15, -0.1) is 0 Å². The van der Waals surface area contributed by atoms with Crippen molar-refractivity contribution in [1.82, 2.24) is 4.98 Å². The third kappa shape index (κ3) is 4.61. The van der Waals surface area contributed by atoms with Gasteiger partial charge in [-0.1, -0.05) is 30.7 Å². The van der Waals surface area contributed by atoms with E-state index in [0.717, 1.165) is 35.5 Å². The molecule has 0 aliphatic rings. The molecule has 0 spiro atoms. The molecule has 2 rings (SSSR count). The second kappa shape index (κ2) is 8.54. The van der Waals surface area contributed by atoms with Gasteiger partial charge in [-0.3, -0.25) is 0 Å². The first-order chi connectivity index (χ1) is 11.5. The van der Waals surface area contributed by atoms with Gasteiger partial charge in [0.25, 0.3) is 0 Å². The molecule has 1 N–H and O–H groups in total. The van der Waals surface area contributed by atoms with Crippen molar-refractivity contribution in [2.75, 3.05) is 19.0 Å². The molecule has 0 atom stereocenters. The van der Waals surface area contributed by atoms with Crippen LogP contribution in [0.25, 0.3) is 0 Å². The number of nitrogens with zero attached hydrogens (tertiary/aromatic N) is 1. The maximum absolute atomic E-state index is 10.9. The molecule has 6 nitrogen and oxygen atoms in total. The first-order valence-corrected chi connectivity index (χ1v) is 8.59. The highest BCUT2D eigenvalue weighted by Gasteiger charge is 2.09. The number of hydrogen-bond acceptors (Lipinski definition) is 7. The number of rotatable bonds is 9. The van der Waals surface area contributed by atoms with E-state index in [1.807, 2.05) is 18.2 Å². The molecule has 0 amide bonds. The van der Waals surface area contributed by atoms with Gasteiger partial charge in [-0.25, -0.2) is 4.98 Å². The number of carbonyl (C=O) groups is 1. The number of aromatic nitrogens is 1. The van der Waals surface area contributed by atoms with Crippen LogP contribution in [0.5, 0.6) is 11.5 Å². The fourth-order valence-electron chi connectivity index (χ4n) is 2.11. The van der Waals surface area contributed by atoms with Crippen molar-refractivity contribution in [3.05, 3.63) is 34.3 Å². The van der Waals surface area contributed by atoms with Crippen molar-refractivity contribution in [3.8, 4) is 11.5 Å². The number of ether oxygens (including phenoxy) is 2. The molecule has 0 saturated carbocycles. The lowest BCUT2D eigenvalue weighted by atomic mass is 10.2. The number of unbranched alkanes of at least 4 members (excludes halogenated alkanes) is 1. The highest BCUT2D eigenvalue weighted by atomic mass is 32.1. The fourth-order valence-corrected chi connectivity index (χ4v) is 2.90. The summed E-state index contributed by atoms with van der Waals surface area (Å²) in [5.41, 5.74) is 1.44. The van der Waals surface area contributed by atoms with Crippen molar-refractivity contribution in [3.63, 3.8) is 0 Å². The average Bonchev–Trinajstić information content (AvgIpc) is 2.95. The molecule has 130 valence electrons. The molecule has 0 aliphatic carbocycles. The summed E-state index contributed by atoms with van der Waals surface area (Å²) >= 11 is 1.07. The number of hydrogen-bond donors (Lipinski definition) is 1. The lowest BCUT2D eigenvalue weighted by Gasteiger charge is -2.12. The topological polar surface area (TPSA) is 83.5 Å². The first-order valence-electron chi connectivity index (χ1n) is 7.77. The van der Waals surface area contributed by atoms with Crippen molar-refractivity contribution >= 4 is 22.4 Å². The minimum Gasteiger partial charge on any atom is -0.544 e. The van der Waals surface area contributed by atoms with E-state index in [1.54, 1.807) is 14.0 Å². The molecule has 0 radical (unpaired) electrons. The van der Waals surface area contributed by atoms with E-state index in [9.17, 15) is 9.90 Å². The van der Waals surface area contributed by atoms with E-state index in [1.165, 1.54) is 0 Å². The molecule has 0 fully saturated rings. The van der Waals surface area contributed by atoms with Crippen LogP contribution in [-0.4, -0.2) is 24.7 Å². The maximum Gasteiger partial charge on any atom is 0.183 e. The Hall–Kier alpha value is -2.28. The zero-order valence-electron chi connectivity index (χ0n) is 14.0. The Balaban J connectivity index is 2.02. The van der Waals surface area contributed by atoms with Crippen LogP contribution in [0.1, 0.15) is 40.7 Å². The van der Waals surface area contributed by atoms with Crippen LogP contribution >= 0.6 is 11.3 Å². The van der Waals surface area contributed by atoms with Crippen molar-refractivity contribution in [2.45, 2.75) is 33.2 Å². The number of aromatic carboxylic acids is 1. The van der Waals surface area contributed by atoms with Gasteiger partial charge in [-0.2, -0.15) is 0 Å². The van der Waals surface area contributed by atoms with Gasteiger partial charge in [0.05, 0.1) is 30.3 Å². The number of carboxylic acids is 1. The lowest BCUT2D eigenvalue weighted by molar-refractivity contribution is -0.254. The molecular formula is C17H21N2O4S-. The Labute approximate surface area is 145 Å². The first kappa shape index (κ1) is 18.1. The number of methoxy groups -OCH3 is 1. The van der Waals surface area contributed by atoms with Gasteiger partial charge in [0, 0.05) is 6.54 Å². The van der Waals surface area contributed by atoms with E-state index >= 15 is 0 Å². The van der Waals surface area contributed by atoms with Crippen LogP contribution in [0.15, 0.2) is 18.2 Å². The summed E-state index contributed by atoms with van der Waals surface area (Å²) in [4.78, 5) is 15.3. The standard InChI is InChI=1S/C17H22N2O4S/c1-4-5-8-23-13-7-6-12(9-14(13)22-3)10-18-17-19-11(2)15(24-17)16(20)21/h6-7,9H,4-5,8,10H2,1-3H3,(H,18,19)(H,20,21)/p-1. The number of nitrogens with one attached hydrogen (secondary N) is 1. The molecule has 1 aromatic heterocycles. The van der Waals surface area contributed by atoms with Crippen LogP contribution in [-0.2, 0) is 6.54 Å². The molecule has 0 bridgehead atoms. The Bertz CT molecular complexity index is 700. The van der Waals surface area contributed by atoms with Crippen LogP contribution in [0.3, 0.4) is 0 Å². The number of anilines is 1. The SMILES string of the molecule is CCCCOc1ccc(CNc2nc(C)c(C(=O)[O-])s2)cc1OC. The molecule has 7 heteroatoms. The van der Waals surface area contributed by atoms with E-state index in [-0.39, 0.29) is 4.88 Å². The fraction of sp³-hybridized carbons (Fsp3) is 0.412. The normalized spacial score (nSPS) is 10.5. The van der Waals surface area contributed by atoms with Gasteiger partial charge in [0.15, 0.2) is 16.6 Å². The largest absolute Gasteiger partial charge is 0.544 e. The van der Waals surface area contributed by atoms with E-state index < -0.39 is 5.97 Å². The molecule has 1 aromatic carbocycles. The summed E-state index contributed by atoms with van der Waals surface area (Å²) in [6.07, 6.45) is 2.07. The second-order valence-corrected chi connectivity index (χ2v) is 6.26. The predicted octanol–water partition coefficient (Wildman–Crippen LogP) is 2.61. The molecule has 2 aromatic rings. The lowest BCUT2D eigenvalue weighted by Crippen LogP contribution is -2.21. The monoisotopic (exact) mass is 349 g/mol. The molecular weight excluding hydrogens is 328 g/mol. The average molecular weight is 349 g/mol. The molecule has 1 heterocycles. The van der Waals surface area contributed by atoms with Gasteiger partial charge >= 0.3 is 0 Å². The Morgan fingerprint density at radius 3 is 2.79 bits per heavy atom. The Morgan fingerprint density at radius 1 is 1.38 bits per heavy atom. The third-order valence-corrected chi connectivity index (χ3v) is 4.50. The quantitative estimate of drug-likeness (QED) is 0.701. The minimum atomic E-state index is -1.20. The smallest absolute Gasteiger partial charge is 0.183 e. The van der Waals surface area contributed by atoms with Gasteiger partial charge in [0.1, 0.15) is 0 Å². The highest BCUT2D eigenvalue weighted by Crippen LogP contribution is 2.29. The van der Waals surface area contributed by atoms with Crippen LogP contribution < -0.4 is 19.9 Å². The highest BCUT2D eigenvalue weighted by molar-refractivity contribution is 7.17. The van der Waals surface area contributed by atoms with Gasteiger partial charge in [0.2, 0.25) is 0 Å². The summed E-state index contributed by atoms with van der Waals surface area (Å²) in [5.74, 6) is 0.198. The van der Waals surface area contributed by atoms with Crippen molar-refractivity contribution < 1.29 is 19.4 Å². The van der Waals surface area contributed by atoms with Crippen LogP contribution in [0, 0.1) is 6.92 Å². The maximum atomic E-state index is 10.9. The number of aryl methyl sites for hydroxylation is 1. The number of benzene rings is 1. The van der Waals surface area contributed by atoms with Crippen LogP contribution in [0.4, 0.5) is 5.13 Å². The van der Waals surface area contributed by atoms with Crippen molar-refractivity contribution in [1.29, 1.82) is 0 Å². The van der Waals surface area contributed by atoms with E-state index in [0.29, 0.717) is 29.7 Å². The minimum absolute atomic E-state index is 0.148. The number of thiazole rings is 1. The van der Waals surface area contributed by atoms with Gasteiger partial charge in [-0.05, 0) is 31.0 Å². The van der Waals surface area contributed by atoms with Crippen molar-refractivity contribution in [2.24, 2.45) is 0 Å². The molecule has 0 unspecified atom stereocenters. The molecule has 0 saturated heterocycles. The summed E-state index contributed by atoms with van der Waals surface area (Å²) < 4.78 is 11.1. The summed E-state index contributed by atoms with van der Waals surface area (Å²) in [7, 11) is 1.61. The summed E-state index contributed by atoms with van der Waals surface area (Å²) in [5, 5.41) is 14.6. The third-order valence-electron chi connectivity index (χ3n) is 3.41. The Morgan fingerprint density at radius 2 is 2.17 bits per heavy atom. The molecule has 0 aliphatic heterocycles. The van der Waals surface area contributed by atoms with Gasteiger partial charge < -0.3 is 24.7 Å². The number of carboxylic acid groups (broad SMARTS) is 1. The number of carbonyl (C=O) groups excluding carboxylic acids is 1. The second-order valence-electron chi connectivity index (χ2n) is 5.26. The molecule has 24 heavy (non-hydrogen) atoms. The van der Waals surface area contributed by atoms with Crippen LogP contribution in [0.2, 0.25) is 0 Å². The summed E-state index contributed by atoms with van der Waals surface area (Å²) in [6.45, 7) is 4.93.